The van der Waals surface area contributed by atoms with E-state index >= 15 is 0 Å². The van der Waals surface area contributed by atoms with Crippen LogP contribution in [0.2, 0.25) is 0 Å². The topological polar surface area (TPSA) is 87.1 Å². The lowest BCUT2D eigenvalue weighted by Crippen LogP contribution is -2.50. The molecule has 1 saturated heterocycles. The first-order valence-electron chi connectivity index (χ1n) is 9.42. The van der Waals surface area contributed by atoms with Crippen LogP contribution in [0.3, 0.4) is 0 Å². The lowest BCUT2D eigenvalue weighted by molar-refractivity contribution is 0.222. The third-order valence-corrected chi connectivity index (χ3v) is 8.26. The van der Waals surface area contributed by atoms with Crippen LogP contribution < -0.4 is 0 Å². The maximum Gasteiger partial charge on any atom is 0.283 e. The minimum absolute atomic E-state index is 0.00875. The van der Waals surface area contributed by atoms with Crippen LogP contribution in [-0.2, 0) is 20.0 Å². The van der Waals surface area contributed by atoms with Crippen LogP contribution in [0.15, 0.2) is 62.7 Å². The second kappa shape index (κ2) is 9.05. The summed E-state index contributed by atoms with van der Waals surface area (Å²) in [4.78, 5) is 1.87. The molecule has 1 heterocycles. The molecule has 0 unspecified atom stereocenters. The highest BCUT2D eigenvalue weighted by atomic mass is 35.5. The number of hydrogen-bond donors (Lipinski definition) is 0. The molecule has 0 spiro atoms. The molecule has 0 N–H and O–H groups in total. The number of amidine groups is 1. The summed E-state index contributed by atoms with van der Waals surface area (Å²) < 4.78 is 56.6. The molecule has 0 saturated carbocycles. The van der Waals surface area contributed by atoms with Crippen LogP contribution in [0.5, 0.6) is 0 Å². The van der Waals surface area contributed by atoms with E-state index in [2.05, 4.69) is 4.40 Å². The van der Waals surface area contributed by atoms with Crippen molar-refractivity contribution in [2.75, 3.05) is 25.6 Å². The number of nitrogens with zero attached hydrogens (tertiary/aromatic N) is 3. The largest absolute Gasteiger partial charge is 0.344 e. The van der Waals surface area contributed by atoms with Gasteiger partial charge in [0.15, 0.2) is 0 Å². The molecule has 3 rings (SSSR count). The summed E-state index contributed by atoms with van der Waals surface area (Å²) in [6.45, 7) is 4.55. The molecule has 10 heteroatoms. The normalized spacial score (nSPS) is 16.6. The number of alkyl halides is 1. The van der Waals surface area contributed by atoms with Gasteiger partial charge in [-0.2, -0.15) is 12.7 Å². The molecule has 30 heavy (non-hydrogen) atoms. The van der Waals surface area contributed by atoms with Crippen molar-refractivity contribution in [3.05, 3.63) is 59.7 Å². The Balaban J connectivity index is 1.86. The van der Waals surface area contributed by atoms with Crippen molar-refractivity contribution < 1.29 is 16.8 Å². The van der Waals surface area contributed by atoms with Gasteiger partial charge in [-0.3, -0.25) is 0 Å². The van der Waals surface area contributed by atoms with Gasteiger partial charge in [-0.25, -0.2) is 8.42 Å². The Kier molecular flexibility index (Phi) is 6.86. The van der Waals surface area contributed by atoms with Crippen molar-refractivity contribution in [2.24, 2.45) is 4.40 Å². The summed E-state index contributed by atoms with van der Waals surface area (Å²) >= 11 is 6.01. The van der Waals surface area contributed by atoms with Crippen molar-refractivity contribution in [2.45, 2.75) is 30.1 Å². The average Bonchev–Trinajstić information content (AvgIpc) is 2.73. The summed E-state index contributed by atoms with van der Waals surface area (Å²) in [5.41, 5.74) is 1.90. The molecule has 2 aromatic carbocycles. The van der Waals surface area contributed by atoms with Crippen LogP contribution in [0.1, 0.15) is 17.5 Å². The van der Waals surface area contributed by atoms with E-state index in [1.54, 1.807) is 41.3 Å². The maximum atomic E-state index is 13.0. The minimum atomic E-state index is -3.95. The Bertz CT molecular complexity index is 1130. The molecule has 1 fully saturated rings. The second-order valence-corrected chi connectivity index (χ2v) is 11.0. The van der Waals surface area contributed by atoms with Gasteiger partial charge in [0.1, 0.15) is 5.84 Å². The molecule has 0 radical (unpaired) electrons. The second-order valence-electron chi connectivity index (χ2n) is 7.18. The van der Waals surface area contributed by atoms with Crippen LogP contribution in [0.25, 0.3) is 0 Å². The fourth-order valence-corrected chi connectivity index (χ4v) is 5.89. The highest BCUT2D eigenvalue weighted by molar-refractivity contribution is 7.90. The zero-order valence-corrected chi connectivity index (χ0v) is 19.2. The van der Waals surface area contributed by atoms with E-state index in [1.807, 2.05) is 13.8 Å². The predicted molar refractivity (Wildman–Crippen MR) is 118 cm³/mol. The Labute approximate surface area is 183 Å². The van der Waals surface area contributed by atoms with Gasteiger partial charge in [-0.1, -0.05) is 35.4 Å². The van der Waals surface area contributed by atoms with Gasteiger partial charge in [0, 0.05) is 13.1 Å². The molecule has 0 amide bonds. The predicted octanol–water partition coefficient (Wildman–Crippen LogP) is 2.98. The summed E-state index contributed by atoms with van der Waals surface area (Å²) in [6, 6.07) is 13.0. The standard InChI is InChI=1S/C20H24ClN3O4S2/c1-16-4-8-18(9-5-16)29(25,26)22-20(14-21)23-12-3-13-24(15-23)30(27,28)19-10-6-17(2)7-11-19/h4-11H,3,12-15H2,1-2H3. The molecule has 0 atom stereocenters. The molecule has 0 aliphatic carbocycles. The zero-order valence-electron chi connectivity index (χ0n) is 16.8. The van der Waals surface area contributed by atoms with E-state index in [0.29, 0.717) is 19.5 Å². The SMILES string of the molecule is Cc1ccc(S(=O)(=O)N=C(CCl)N2CCCN(S(=O)(=O)c3ccc(C)cc3)C2)cc1. The average molecular weight is 470 g/mol. The van der Waals surface area contributed by atoms with Crippen molar-refractivity contribution >= 4 is 37.5 Å². The number of benzene rings is 2. The van der Waals surface area contributed by atoms with Crippen LogP contribution >= 0.6 is 11.6 Å². The van der Waals surface area contributed by atoms with Gasteiger partial charge < -0.3 is 4.90 Å². The summed E-state index contributed by atoms with van der Waals surface area (Å²) in [5.74, 6) is -0.0233. The molecule has 162 valence electrons. The molecule has 0 aromatic heterocycles. The minimum Gasteiger partial charge on any atom is -0.344 e. The van der Waals surface area contributed by atoms with Gasteiger partial charge in [-0.05, 0) is 44.5 Å². The van der Waals surface area contributed by atoms with Gasteiger partial charge in [-0.15, -0.1) is 16.0 Å². The van der Waals surface area contributed by atoms with E-state index in [-0.39, 0.29) is 28.2 Å². The van der Waals surface area contributed by atoms with Crippen LogP contribution in [0.4, 0.5) is 0 Å². The lowest BCUT2D eigenvalue weighted by Gasteiger charge is -2.36. The van der Waals surface area contributed by atoms with E-state index in [4.69, 9.17) is 11.6 Å². The summed E-state index contributed by atoms with van der Waals surface area (Å²) in [6.07, 6.45) is 0.533. The molecule has 0 bridgehead atoms. The smallest absolute Gasteiger partial charge is 0.283 e. The Hall–Kier alpha value is -1.94. The highest BCUT2D eigenvalue weighted by Gasteiger charge is 2.31. The van der Waals surface area contributed by atoms with Crippen LogP contribution in [0, 0.1) is 13.8 Å². The van der Waals surface area contributed by atoms with Crippen molar-refractivity contribution in [3.63, 3.8) is 0 Å². The summed E-state index contributed by atoms with van der Waals surface area (Å²) in [7, 11) is -7.66. The maximum absolute atomic E-state index is 13.0. The van der Waals surface area contributed by atoms with Gasteiger partial charge in [0.2, 0.25) is 10.0 Å². The Morgan fingerprint density at radius 1 is 0.900 bits per heavy atom. The van der Waals surface area contributed by atoms with Crippen molar-refractivity contribution in [1.29, 1.82) is 0 Å². The van der Waals surface area contributed by atoms with E-state index in [0.717, 1.165) is 11.1 Å². The van der Waals surface area contributed by atoms with E-state index in [9.17, 15) is 16.8 Å². The molecule has 2 aromatic rings. The third kappa shape index (κ3) is 5.03. The lowest BCUT2D eigenvalue weighted by atomic mass is 10.2. The fraction of sp³-hybridized carbons (Fsp3) is 0.350. The van der Waals surface area contributed by atoms with Crippen molar-refractivity contribution in [3.8, 4) is 0 Å². The number of rotatable bonds is 5. The Morgan fingerprint density at radius 2 is 1.43 bits per heavy atom. The quantitative estimate of drug-likeness (QED) is 0.381. The van der Waals surface area contributed by atoms with E-state index in [1.165, 1.54) is 16.4 Å². The monoisotopic (exact) mass is 469 g/mol. The number of aryl methyl sites for hydroxylation is 2. The number of hydrogen-bond acceptors (Lipinski definition) is 4. The molecule has 7 nitrogen and oxygen atoms in total. The zero-order chi connectivity index (χ0) is 21.9. The molecular formula is C20H24ClN3O4S2. The summed E-state index contributed by atoms with van der Waals surface area (Å²) in [5, 5.41) is 0. The number of sulfonamides is 2. The third-order valence-electron chi connectivity index (χ3n) is 4.85. The van der Waals surface area contributed by atoms with Gasteiger partial charge >= 0.3 is 0 Å². The molecular weight excluding hydrogens is 446 g/mol. The van der Waals surface area contributed by atoms with Gasteiger partial charge in [0.05, 0.1) is 22.3 Å². The Morgan fingerprint density at radius 3 is 1.97 bits per heavy atom. The van der Waals surface area contributed by atoms with Gasteiger partial charge in [0.25, 0.3) is 10.0 Å². The first-order valence-corrected chi connectivity index (χ1v) is 12.8. The van der Waals surface area contributed by atoms with Crippen LogP contribution in [-0.4, -0.2) is 57.5 Å². The van der Waals surface area contributed by atoms with Crippen molar-refractivity contribution in [1.82, 2.24) is 9.21 Å². The highest BCUT2D eigenvalue weighted by Crippen LogP contribution is 2.21. The fourth-order valence-electron chi connectivity index (χ4n) is 3.10. The molecule has 1 aliphatic heterocycles. The first-order chi connectivity index (χ1) is 14.1. The molecule has 1 aliphatic rings. The van der Waals surface area contributed by atoms with E-state index < -0.39 is 20.0 Å². The first kappa shape index (κ1) is 22.7. The number of halogens is 1.